The zero-order chi connectivity index (χ0) is 22.0. The molecule has 1 unspecified atom stereocenters. The number of ether oxygens (including phenoxy) is 1. The number of thiophene rings is 1. The molecule has 1 aliphatic heterocycles. The molecule has 9 heteroatoms. The minimum absolute atomic E-state index is 0.237. The van der Waals surface area contributed by atoms with Gasteiger partial charge in [-0.05, 0) is 29.6 Å². The summed E-state index contributed by atoms with van der Waals surface area (Å²) in [6, 6.07) is 17.7. The summed E-state index contributed by atoms with van der Waals surface area (Å²) in [5.74, 6) is 0.423. The van der Waals surface area contributed by atoms with Crippen LogP contribution in [-0.2, 0) is 10.0 Å². The van der Waals surface area contributed by atoms with E-state index in [1.165, 1.54) is 16.3 Å². The second-order valence-electron chi connectivity index (χ2n) is 7.06. The molecule has 4 rings (SSSR count). The van der Waals surface area contributed by atoms with Gasteiger partial charge in [-0.15, -0.1) is 11.3 Å². The van der Waals surface area contributed by atoms with E-state index < -0.39 is 16.1 Å². The highest BCUT2D eigenvalue weighted by Gasteiger charge is 2.36. The van der Waals surface area contributed by atoms with E-state index in [-0.39, 0.29) is 5.91 Å². The van der Waals surface area contributed by atoms with Crippen molar-refractivity contribution in [3.05, 3.63) is 82.0 Å². The Balaban J connectivity index is 1.80. The lowest BCUT2D eigenvalue weighted by molar-refractivity contribution is 0.0717. The van der Waals surface area contributed by atoms with Crippen LogP contribution in [0.3, 0.4) is 0 Å². The van der Waals surface area contributed by atoms with Crippen LogP contribution in [0.5, 0.6) is 5.75 Å². The van der Waals surface area contributed by atoms with Crippen LogP contribution in [0.15, 0.2) is 71.1 Å². The first kappa shape index (κ1) is 21.1. The minimum Gasteiger partial charge on any atom is -0.496 e. The lowest BCUT2D eigenvalue weighted by atomic mass is 9.96. The third-order valence-corrected chi connectivity index (χ3v) is 6.33. The molecule has 0 fully saturated rings. The summed E-state index contributed by atoms with van der Waals surface area (Å²) in [4.78, 5) is 13.8. The van der Waals surface area contributed by atoms with Gasteiger partial charge in [-0.1, -0.05) is 36.4 Å². The molecule has 0 spiro atoms. The first-order valence-electron chi connectivity index (χ1n) is 9.52. The number of hydrogen-bond donors (Lipinski definition) is 1. The van der Waals surface area contributed by atoms with Crippen LogP contribution in [0.1, 0.15) is 33.3 Å². The average Bonchev–Trinajstić information content (AvgIpc) is 3.43. The Morgan fingerprint density at radius 3 is 2.58 bits per heavy atom. The van der Waals surface area contributed by atoms with E-state index in [0.717, 1.165) is 11.8 Å². The molecular weight excluding hydrogens is 434 g/mol. The van der Waals surface area contributed by atoms with Crippen molar-refractivity contribution < 1.29 is 17.9 Å². The van der Waals surface area contributed by atoms with Gasteiger partial charge in [-0.25, -0.2) is 13.4 Å². The lowest BCUT2D eigenvalue weighted by Gasteiger charge is -2.23. The highest BCUT2D eigenvalue weighted by molar-refractivity contribution is 7.92. The number of benzene rings is 2. The second kappa shape index (κ2) is 8.52. The summed E-state index contributed by atoms with van der Waals surface area (Å²) in [6.07, 6.45) is 1.52. The third kappa shape index (κ3) is 4.47. The molecule has 0 bridgehead atoms. The van der Waals surface area contributed by atoms with Gasteiger partial charge in [0.1, 0.15) is 5.75 Å². The number of carbonyl (C=O) groups is 1. The van der Waals surface area contributed by atoms with E-state index in [9.17, 15) is 13.2 Å². The molecule has 0 saturated heterocycles. The van der Waals surface area contributed by atoms with Gasteiger partial charge in [0.2, 0.25) is 10.0 Å². The van der Waals surface area contributed by atoms with Crippen LogP contribution < -0.4 is 9.46 Å². The monoisotopic (exact) mass is 455 g/mol. The van der Waals surface area contributed by atoms with Crippen molar-refractivity contribution in [2.24, 2.45) is 5.10 Å². The fourth-order valence-corrected chi connectivity index (χ4v) is 4.82. The minimum atomic E-state index is -3.50. The zero-order valence-electron chi connectivity index (χ0n) is 17.0. The first-order chi connectivity index (χ1) is 14.9. The molecule has 0 saturated carbocycles. The number of methoxy groups -OCH3 is 1. The SMILES string of the molecule is COc1ccccc1C1=NN(C(=O)c2cccs2)C(c2ccccc2NS(C)(=O)=O)C1. The van der Waals surface area contributed by atoms with Crippen LogP contribution in [0, 0.1) is 0 Å². The Hall–Kier alpha value is -3.17. The molecule has 7 nitrogen and oxygen atoms in total. The standard InChI is InChI=1S/C22H21N3O4S2/c1-29-20-11-6-4-9-16(20)18-14-19(25(23-18)22(26)21-12-7-13-30-21)15-8-3-5-10-17(15)24-31(2,27)28/h3-13,19,24H,14H2,1-2H3. The topological polar surface area (TPSA) is 88.1 Å². The largest absolute Gasteiger partial charge is 0.496 e. The van der Waals surface area contributed by atoms with Crippen molar-refractivity contribution >= 4 is 38.7 Å². The van der Waals surface area contributed by atoms with E-state index in [2.05, 4.69) is 9.82 Å². The fraction of sp³-hybridized carbons (Fsp3) is 0.182. The molecule has 1 aliphatic rings. The number of hydrogen-bond acceptors (Lipinski definition) is 6. The number of anilines is 1. The summed E-state index contributed by atoms with van der Waals surface area (Å²) >= 11 is 1.34. The number of amides is 1. The molecule has 2 aromatic carbocycles. The van der Waals surface area contributed by atoms with Gasteiger partial charge in [0, 0.05) is 17.5 Å². The summed E-state index contributed by atoms with van der Waals surface area (Å²) in [5, 5.41) is 7.94. The summed E-state index contributed by atoms with van der Waals surface area (Å²) in [5.41, 5.74) is 2.59. The van der Waals surface area contributed by atoms with Gasteiger partial charge in [0.25, 0.3) is 5.91 Å². The Morgan fingerprint density at radius 2 is 1.87 bits per heavy atom. The van der Waals surface area contributed by atoms with Crippen LogP contribution in [0.25, 0.3) is 0 Å². The van der Waals surface area contributed by atoms with Gasteiger partial charge in [-0.3, -0.25) is 9.52 Å². The zero-order valence-corrected chi connectivity index (χ0v) is 18.6. The number of nitrogens with zero attached hydrogens (tertiary/aromatic N) is 2. The predicted octanol–water partition coefficient (Wildman–Crippen LogP) is 4.12. The normalized spacial score (nSPS) is 16.1. The maximum absolute atomic E-state index is 13.3. The second-order valence-corrected chi connectivity index (χ2v) is 9.75. The molecule has 1 atom stereocenters. The number of carbonyl (C=O) groups excluding carboxylic acids is 1. The van der Waals surface area contributed by atoms with Crippen molar-refractivity contribution in [2.75, 3.05) is 18.1 Å². The maximum Gasteiger partial charge on any atom is 0.284 e. The average molecular weight is 456 g/mol. The van der Waals surface area contributed by atoms with Crippen LogP contribution >= 0.6 is 11.3 Å². The number of rotatable bonds is 6. The number of sulfonamides is 1. The van der Waals surface area contributed by atoms with Crippen LogP contribution in [0.2, 0.25) is 0 Å². The molecule has 1 N–H and O–H groups in total. The smallest absolute Gasteiger partial charge is 0.284 e. The number of para-hydroxylation sites is 2. The Labute approximate surface area is 185 Å². The number of nitrogens with one attached hydrogen (secondary N) is 1. The molecule has 160 valence electrons. The van der Waals surface area contributed by atoms with Crippen molar-refractivity contribution in [2.45, 2.75) is 12.5 Å². The van der Waals surface area contributed by atoms with Crippen LogP contribution in [0.4, 0.5) is 5.69 Å². The third-order valence-electron chi connectivity index (χ3n) is 4.88. The maximum atomic E-state index is 13.3. The van der Waals surface area contributed by atoms with E-state index in [4.69, 9.17) is 4.74 Å². The molecule has 0 aliphatic carbocycles. The number of hydrazone groups is 1. The molecule has 31 heavy (non-hydrogen) atoms. The van der Waals surface area contributed by atoms with Crippen molar-refractivity contribution in [1.82, 2.24) is 5.01 Å². The molecule has 1 amide bonds. The first-order valence-corrected chi connectivity index (χ1v) is 12.3. The predicted molar refractivity (Wildman–Crippen MR) is 122 cm³/mol. The van der Waals surface area contributed by atoms with E-state index >= 15 is 0 Å². The quantitative estimate of drug-likeness (QED) is 0.606. The van der Waals surface area contributed by atoms with Gasteiger partial charge in [0.15, 0.2) is 0 Å². The van der Waals surface area contributed by atoms with Crippen molar-refractivity contribution in [1.29, 1.82) is 0 Å². The molecule has 2 heterocycles. The van der Waals surface area contributed by atoms with E-state index in [0.29, 0.717) is 34.0 Å². The van der Waals surface area contributed by atoms with Crippen molar-refractivity contribution in [3.63, 3.8) is 0 Å². The Kier molecular flexibility index (Phi) is 5.79. The Bertz CT molecular complexity index is 1240. The highest BCUT2D eigenvalue weighted by atomic mass is 32.2. The highest BCUT2D eigenvalue weighted by Crippen LogP contribution is 2.39. The molecular formula is C22H21N3O4S2. The van der Waals surface area contributed by atoms with Crippen molar-refractivity contribution in [3.8, 4) is 5.75 Å². The summed E-state index contributed by atoms with van der Waals surface area (Å²) < 4.78 is 31.8. The Morgan fingerprint density at radius 1 is 1.13 bits per heavy atom. The van der Waals surface area contributed by atoms with Gasteiger partial charge >= 0.3 is 0 Å². The molecule has 1 aromatic heterocycles. The van der Waals surface area contributed by atoms with Gasteiger partial charge in [0.05, 0.1) is 35.7 Å². The molecule has 0 radical (unpaired) electrons. The van der Waals surface area contributed by atoms with Crippen LogP contribution in [-0.4, -0.2) is 38.4 Å². The summed E-state index contributed by atoms with van der Waals surface area (Å²) in [7, 11) is -1.91. The molecule has 3 aromatic rings. The fourth-order valence-electron chi connectivity index (χ4n) is 3.58. The lowest BCUT2D eigenvalue weighted by Crippen LogP contribution is -2.27. The van der Waals surface area contributed by atoms with E-state index in [1.54, 1.807) is 25.3 Å². The summed E-state index contributed by atoms with van der Waals surface area (Å²) in [6.45, 7) is 0. The van der Waals surface area contributed by atoms with Gasteiger partial charge < -0.3 is 4.74 Å². The van der Waals surface area contributed by atoms with E-state index in [1.807, 2.05) is 47.8 Å². The van der Waals surface area contributed by atoms with Gasteiger partial charge in [-0.2, -0.15) is 5.10 Å².